The van der Waals surface area contributed by atoms with Gasteiger partial charge in [0, 0.05) is 37.3 Å². The molecule has 0 saturated carbocycles. The van der Waals surface area contributed by atoms with Crippen LogP contribution >= 0.6 is 0 Å². The van der Waals surface area contributed by atoms with Gasteiger partial charge in [-0.15, -0.1) is 0 Å². The first kappa shape index (κ1) is 17.5. The molecule has 1 aromatic heterocycles. The van der Waals surface area contributed by atoms with Crippen molar-refractivity contribution >= 4 is 11.8 Å². The van der Waals surface area contributed by atoms with Crippen molar-refractivity contribution in [2.45, 2.75) is 13.3 Å². The molecule has 0 aliphatic carbocycles. The summed E-state index contributed by atoms with van der Waals surface area (Å²) in [7, 11) is 0. The van der Waals surface area contributed by atoms with E-state index >= 15 is 0 Å². The molecule has 3 heterocycles. The number of carbonyl (C=O) groups is 2. The van der Waals surface area contributed by atoms with Gasteiger partial charge in [-0.3, -0.25) is 14.6 Å². The van der Waals surface area contributed by atoms with E-state index in [-0.39, 0.29) is 17.7 Å². The van der Waals surface area contributed by atoms with Crippen LogP contribution in [0.3, 0.4) is 0 Å². The number of carbonyl (C=O) groups excluding carboxylic acids is 2. The Bertz CT molecular complexity index is 855. The molecule has 0 radical (unpaired) electrons. The Morgan fingerprint density at radius 2 is 2.19 bits per heavy atom. The van der Waals surface area contributed by atoms with E-state index in [0.29, 0.717) is 44.0 Å². The minimum absolute atomic E-state index is 0.00315. The molecule has 2 aliphatic rings. The summed E-state index contributed by atoms with van der Waals surface area (Å²) >= 11 is 0. The summed E-state index contributed by atoms with van der Waals surface area (Å²) in [5.41, 5.74) is 1.09. The number of ether oxygens (including phenoxy) is 1. The molecule has 2 fully saturated rings. The Morgan fingerprint density at radius 3 is 2.96 bits per heavy atom. The van der Waals surface area contributed by atoms with Crippen LogP contribution in [0.2, 0.25) is 0 Å². The van der Waals surface area contributed by atoms with Gasteiger partial charge in [0.05, 0.1) is 18.2 Å². The maximum atomic E-state index is 13.0. The highest BCUT2D eigenvalue weighted by atomic mass is 16.5. The maximum Gasteiger partial charge on any atom is 0.254 e. The van der Waals surface area contributed by atoms with Gasteiger partial charge in [-0.25, -0.2) is 0 Å². The maximum absolute atomic E-state index is 13.0. The minimum atomic E-state index is -0.569. The lowest BCUT2D eigenvalue weighted by atomic mass is 9.77. The van der Waals surface area contributed by atoms with Crippen molar-refractivity contribution in [3.63, 3.8) is 0 Å². The number of benzene rings is 1. The van der Waals surface area contributed by atoms with Gasteiger partial charge >= 0.3 is 0 Å². The second-order valence-electron chi connectivity index (χ2n) is 7.35. The third kappa shape index (κ3) is 3.16. The van der Waals surface area contributed by atoms with Crippen molar-refractivity contribution in [2.75, 3.05) is 26.2 Å². The van der Waals surface area contributed by atoms with Gasteiger partial charge in [0.15, 0.2) is 0 Å². The molecule has 0 bridgehead atoms. The first-order valence-electron chi connectivity index (χ1n) is 9.26. The molecule has 1 aromatic carbocycles. The molecule has 27 heavy (non-hydrogen) atoms. The third-order valence-electron chi connectivity index (χ3n) is 5.79. The highest BCUT2D eigenvalue weighted by Gasteiger charge is 2.55. The standard InChI is InChI=1S/C21H23N3O3/c1-15-5-2-3-7-18(15)19(25)24-10-8-21(14-24)16(11-23-20(21)26)13-27-17-6-4-9-22-12-17/h2-7,9,12,16H,8,10-11,13-14H2,1H3,(H,23,26)/t16-,21+/m0/s1. The van der Waals surface area contributed by atoms with Crippen LogP contribution in [0.15, 0.2) is 48.8 Å². The number of aromatic nitrogens is 1. The largest absolute Gasteiger partial charge is 0.492 e. The summed E-state index contributed by atoms with van der Waals surface area (Å²) in [5.74, 6) is 0.747. The number of hydrogen-bond donors (Lipinski definition) is 1. The number of aryl methyl sites for hydroxylation is 1. The molecule has 2 atom stereocenters. The monoisotopic (exact) mass is 365 g/mol. The van der Waals surface area contributed by atoms with Gasteiger partial charge in [0.25, 0.3) is 5.91 Å². The van der Waals surface area contributed by atoms with E-state index < -0.39 is 5.41 Å². The number of likely N-dealkylation sites (tertiary alicyclic amines) is 1. The zero-order valence-electron chi connectivity index (χ0n) is 15.4. The fourth-order valence-electron chi connectivity index (χ4n) is 4.13. The van der Waals surface area contributed by atoms with Gasteiger partial charge in [-0.05, 0) is 37.1 Å². The SMILES string of the molecule is Cc1ccccc1C(=O)N1CC[C@]2(C1)C(=O)NC[C@H]2COc1cccnc1. The minimum Gasteiger partial charge on any atom is -0.492 e. The Morgan fingerprint density at radius 1 is 1.33 bits per heavy atom. The van der Waals surface area contributed by atoms with E-state index in [4.69, 9.17) is 4.74 Å². The van der Waals surface area contributed by atoms with Crippen molar-refractivity contribution in [3.8, 4) is 5.75 Å². The number of amides is 2. The first-order chi connectivity index (χ1) is 13.1. The predicted molar refractivity (Wildman–Crippen MR) is 100 cm³/mol. The molecule has 6 heteroatoms. The number of pyridine rings is 1. The molecular formula is C21H23N3O3. The fraction of sp³-hybridized carbons (Fsp3) is 0.381. The van der Waals surface area contributed by atoms with Gasteiger partial charge < -0.3 is 15.0 Å². The molecule has 2 aromatic rings. The van der Waals surface area contributed by atoms with Crippen molar-refractivity contribution in [1.82, 2.24) is 15.2 Å². The molecule has 1 N–H and O–H groups in total. The molecule has 6 nitrogen and oxygen atoms in total. The molecule has 2 saturated heterocycles. The zero-order chi connectivity index (χ0) is 18.9. The summed E-state index contributed by atoms with van der Waals surface area (Å²) in [5, 5.41) is 2.98. The Hall–Kier alpha value is -2.89. The van der Waals surface area contributed by atoms with Gasteiger partial charge in [0.1, 0.15) is 5.75 Å². The number of nitrogens with one attached hydrogen (secondary N) is 1. The van der Waals surface area contributed by atoms with Gasteiger partial charge in [-0.1, -0.05) is 18.2 Å². The Balaban J connectivity index is 1.49. The number of nitrogens with zero attached hydrogens (tertiary/aromatic N) is 2. The smallest absolute Gasteiger partial charge is 0.254 e. The molecular weight excluding hydrogens is 342 g/mol. The van der Waals surface area contributed by atoms with Crippen molar-refractivity contribution in [3.05, 3.63) is 59.9 Å². The number of hydrogen-bond acceptors (Lipinski definition) is 4. The normalized spacial score (nSPS) is 24.3. The lowest BCUT2D eigenvalue weighted by Crippen LogP contribution is -2.41. The van der Waals surface area contributed by atoms with E-state index in [1.807, 2.05) is 48.2 Å². The van der Waals surface area contributed by atoms with Crippen LogP contribution in [0.25, 0.3) is 0 Å². The zero-order valence-corrected chi connectivity index (χ0v) is 15.4. The van der Waals surface area contributed by atoms with Crippen LogP contribution in [0, 0.1) is 18.3 Å². The Labute approximate surface area is 158 Å². The van der Waals surface area contributed by atoms with Crippen molar-refractivity contribution in [1.29, 1.82) is 0 Å². The highest BCUT2D eigenvalue weighted by Crippen LogP contribution is 2.42. The predicted octanol–water partition coefficient (Wildman–Crippen LogP) is 2.05. The van der Waals surface area contributed by atoms with Crippen LogP contribution in [-0.2, 0) is 4.79 Å². The summed E-state index contributed by atoms with van der Waals surface area (Å²) < 4.78 is 5.87. The molecule has 140 valence electrons. The van der Waals surface area contributed by atoms with Crippen LogP contribution < -0.4 is 10.1 Å². The molecule has 1 spiro atoms. The van der Waals surface area contributed by atoms with E-state index in [1.54, 1.807) is 12.4 Å². The van der Waals surface area contributed by atoms with Crippen LogP contribution in [0.1, 0.15) is 22.3 Å². The Kier molecular flexibility index (Phi) is 4.56. The summed E-state index contributed by atoms with van der Waals surface area (Å²) in [6.07, 6.45) is 4.03. The summed E-state index contributed by atoms with van der Waals surface area (Å²) in [4.78, 5) is 31.5. The molecule has 2 amide bonds. The van der Waals surface area contributed by atoms with E-state index in [1.165, 1.54) is 0 Å². The molecule has 0 unspecified atom stereocenters. The van der Waals surface area contributed by atoms with Crippen molar-refractivity contribution in [2.24, 2.45) is 11.3 Å². The molecule has 2 aliphatic heterocycles. The topological polar surface area (TPSA) is 71.5 Å². The van der Waals surface area contributed by atoms with Crippen LogP contribution in [0.5, 0.6) is 5.75 Å². The van der Waals surface area contributed by atoms with E-state index in [9.17, 15) is 9.59 Å². The van der Waals surface area contributed by atoms with E-state index in [0.717, 1.165) is 5.56 Å². The van der Waals surface area contributed by atoms with E-state index in [2.05, 4.69) is 10.3 Å². The number of rotatable bonds is 4. The summed E-state index contributed by atoms with van der Waals surface area (Å²) in [6.45, 7) is 3.96. The third-order valence-corrected chi connectivity index (χ3v) is 5.79. The second kappa shape index (κ2) is 7.02. The first-order valence-corrected chi connectivity index (χ1v) is 9.26. The molecule has 4 rings (SSSR count). The van der Waals surface area contributed by atoms with Crippen LogP contribution in [0.4, 0.5) is 0 Å². The van der Waals surface area contributed by atoms with Gasteiger partial charge in [0.2, 0.25) is 5.91 Å². The lowest BCUT2D eigenvalue weighted by Gasteiger charge is -2.28. The van der Waals surface area contributed by atoms with Gasteiger partial charge in [-0.2, -0.15) is 0 Å². The summed E-state index contributed by atoms with van der Waals surface area (Å²) in [6, 6.07) is 11.3. The fourth-order valence-corrected chi connectivity index (χ4v) is 4.13. The highest BCUT2D eigenvalue weighted by molar-refractivity contribution is 5.97. The quantitative estimate of drug-likeness (QED) is 0.900. The average molecular weight is 365 g/mol. The lowest BCUT2D eigenvalue weighted by molar-refractivity contribution is -0.128. The van der Waals surface area contributed by atoms with Crippen molar-refractivity contribution < 1.29 is 14.3 Å². The van der Waals surface area contributed by atoms with Crippen LogP contribution in [-0.4, -0.2) is 47.9 Å². The average Bonchev–Trinajstić information content (AvgIpc) is 3.27. The second-order valence-corrected chi connectivity index (χ2v) is 7.35.